The normalized spacial score (nSPS) is 9.77. The van der Waals surface area contributed by atoms with Crippen molar-refractivity contribution < 1.29 is 14.3 Å². The number of carbonyl (C=O) groups excluding carboxylic acids is 1. The maximum Gasteiger partial charge on any atom is 0.220 e. The third-order valence-corrected chi connectivity index (χ3v) is 3.24. The number of nitrogens with one attached hydrogen (secondary N) is 2. The molecule has 5 nitrogen and oxygen atoms in total. The number of hydrogen-bond donors (Lipinski definition) is 2. The van der Waals surface area contributed by atoms with Crippen molar-refractivity contribution in [2.75, 3.05) is 34.4 Å². The van der Waals surface area contributed by atoms with E-state index >= 15 is 0 Å². The first kappa shape index (κ1) is 20.5. The Balaban J connectivity index is 0.00000441. The van der Waals surface area contributed by atoms with E-state index in [1.165, 1.54) is 5.56 Å². The zero-order valence-electron chi connectivity index (χ0n) is 13.6. The molecule has 1 aromatic carbocycles. The maximum absolute atomic E-state index is 11.5. The van der Waals surface area contributed by atoms with Crippen molar-refractivity contribution >= 4 is 18.3 Å². The summed E-state index contributed by atoms with van der Waals surface area (Å²) in [6.45, 7) is 1.58. The number of amides is 1. The third-order valence-electron chi connectivity index (χ3n) is 3.24. The first-order chi connectivity index (χ1) is 10.2. The Morgan fingerprint density at radius 3 is 2.45 bits per heavy atom. The van der Waals surface area contributed by atoms with Crippen LogP contribution in [0.5, 0.6) is 11.5 Å². The van der Waals surface area contributed by atoms with Crippen LogP contribution in [-0.4, -0.2) is 40.3 Å². The van der Waals surface area contributed by atoms with Crippen molar-refractivity contribution in [3.63, 3.8) is 0 Å². The van der Waals surface area contributed by atoms with Gasteiger partial charge in [-0.15, -0.1) is 12.4 Å². The van der Waals surface area contributed by atoms with E-state index in [1.807, 2.05) is 25.2 Å². The average Bonchev–Trinajstić information content (AvgIpc) is 2.51. The van der Waals surface area contributed by atoms with Crippen molar-refractivity contribution in [2.45, 2.75) is 25.7 Å². The Morgan fingerprint density at radius 2 is 1.82 bits per heavy atom. The highest BCUT2D eigenvalue weighted by atomic mass is 35.5. The van der Waals surface area contributed by atoms with E-state index in [0.29, 0.717) is 13.0 Å². The van der Waals surface area contributed by atoms with Gasteiger partial charge in [0.05, 0.1) is 14.2 Å². The summed E-state index contributed by atoms with van der Waals surface area (Å²) < 4.78 is 10.5. The summed E-state index contributed by atoms with van der Waals surface area (Å²) in [5.41, 5.74) is 1.18. The molecule has 6 heteroatoms. The van der Waals surface area contributed by atoms with E-state index in [2.05, 4.69) is 10.6 Å². The molecule has 0 aromatic heterocycles. The molecule has 0 aliphatic heterocycles. The topological polar surface area (TPSA) is 59.6 Å². The molecular formula is C16H27ClN2O3. The summed E-state index contributed by atoms with van der Waals surface area (Å²) in [5.74, 6) is 1.60. The van der Waals surface area contributed by atoms with E-state index in [1.54, 1.807) is 14.2 Å². The molecule has 0 radical (unpaired) electrons. The second-order valence-corrected chi connectivity index (χ2v) is 4.85. The van der Waals surface area contributed by atoms with Crippen molar-refractivity contribution in [3.8, 4) is 11.5 Å². The van der Waals surface area contributed by atoms with Crippen LogP contribution in [0.25, 0.3) is 0 Å². The van der Waals surface area contributed by atoms with Gasteiger partial charge in [-0.2, -0.15) is 0 Å². The number of benzene rings is 1. The molecule has 1 amide bonds. The Hall–Kier alpha value is -1.46. The summed E-state index contributed by atoms with van der Waals surface area (Å²) in [4.78, 5) is 11.5. The number of carbonyl (C=O) groups is 1. The van der Waals surface area contributed by atoms with Crippen molar-refractivity contribution in [3.05, 3.63) is 23.8 Å². The average molecular weight is 331 g/mol. The van der Waals surface area contributed by atoms with Gasteiger partial charge in [-0.25, -0.2) is 0 Å². The van der Waals surface area contributed by atoms with Gasteiger partial charge in [0.25, 0.3) is 0 Å². The molecule has 0 aliphatic rings. The van der Waals surface area contributed by atoms with E-state index in [9.17, 15) is 4.79 Å². The van der Waals surface area contributed by atoms with E-state index < -0.39 is 0 Å². The number of aryl methyl sites for hydroxylation is 1. The third kappa shape index (κ3) is 7.52. The Morgan fingerprint density at radius 1 is 1.09 bits per heavy atom. The van der Waals surface area contributed by atoms with Crippen LogP contribution in [0, 0.1) is 0 Å². The highest BCUT2D eigenvalue weighted by Crippen LogP contribution is 2.27. The fraction of sp³-hybridized carbons (Fsp3) is 0.562. The summed E-state index contributed by atoms with van der Waals surface area (Å²) in [6.07, 6.45) is 3.26. The molecule has 2 N–H and O–H groups in total. The second kappa shape index (κ2) is 12.1. The lowest BCUT2D eigenvalue weighted by atomic mass is 10.1. The monoisotopic (exact) mass is 330 g/mol. The number of methoxy groups -OCH3 is 2. The van der Waals surface area contributed by atoms with Gasteiger partial charge in [-0.3, -0.25) is 4.79 Å². The van der Waals surface area contributed by atoms with Crippen LogP contribution in [-0.2, 0) is 11.2 Å². The van der Waals surface area contributed by atoms with E-state index in [4.69, 9.17) is 9.47 Å². The zero-order valence-corrected chi connectivity index (χ0v) is 14.4. The molecule has 22 heavy (non-hydrogen) atoms. The van der Waals surface area contributed by atoms with Gasteiger partial charge in [0.2, 0.25) is 5.91 Å². The van der Waals surface area contributed by atoms with E-state index in [0.717, 1.165) is 37.3 Å². The molecule has 126 valence electrons. The fourth-order valence-corrected chi connectivity index (χ4v) is 2.07. The SMILES string of the molecule is CNCCCC(=O)NCCCc1ccc(OC)c(OC)c1.Cl. The summed E-state index contributed by atoms with van der Waals surface area (Å²) >= 11 is 0. The predicted octanol–water partition coefficient (Wildman–Crippen LogP) is 2.17. The molecule has 1 rings (SSSR count). The maximum atomic E-state index is 11.5. The Kier molecular flexibility index (Phi) is 11.3. The lowest BCUT2D eigenvalue weighted by Gasteiger charge is -2.10. The highest BCUT2D eigenvalue weighted by Gasteiger charge is 2.05. The number of halogens is 1. The minimum absolute atomic E-state index is 0. The van der Waals surface area contributed by atoms with Crippen molar-refractivity contribution in [1.29, 1.82) is 0 Å². The molecule has 0 fully saturated rings. The molecule has 1 aromatic rings. The van der Waals surface area contributed by atoms with Gasteiger partial charge >= 0.3 is 0 Å². The molecule has 0 heterocycles. The van der Waals surface area contributed by atoms with E-state index in [-0.39, 0.29) is 18.3 Å². The second-order valence-electron chi connectivity index (χ2n) is 4.85. The van der Waals surface area contributed by atoms with Crippen LogP contribution in [0.15, 0.2) is 18.2 Å². The smallest absolute Gasteiger partial charge is 0.220 e. The van der Waals surface area contributed by atoms with Gasteiger partial charge < -0.3 is 20.1 Å². The van der Waals surface area contributed by atoms with Crippen molar-refractivity contribution in [2.24, 2.45) is 0 Å². The Labute approximate surface area is 139 Å². The van der Waals surface area contributed by atoms with Crippen LogP contribution < -0.4 is 20.1 Å². The molecule has 0 spiro atoms. The largest absolute Gasteiger partial charge is 0.493 e. The van der Waals surface area contributed by atoms with Crippen LogP contribution in [0.4, 0.5) is 0 Å². The molecule has 0 unspecified atom stereocenters. The molecule has 0 aliphatic carbocycles. The fourth-order valence-electron chi connectivity index (χ4n) is 2.07. The van der Waals surface area contributed by atoms with Gasteiger partial charge in [0.1, 0.15) is 0 Å². The van der Waals surface area contributed by atoms with Gasteiger partial charge in [0.15, 0.2) is 11.5 Å². The first-order valence-electron chi connectivity index (χ1n) is 7.33. The van der Waals surface area contributed by atoms with Crippen LogP contribution in [0.2, 0.25) is 0 Å². The van der Waals surface area contributed by atoms with Crippen LogP contribution in [0.1, 0.15) is 24.8 Å². The highest BCUT2D eigenvalue weighted by molar-refractivity contribution is 5.85. The van der Waals surface area contributed by atoms with Crippen molar-refractivity contribution in [1.82, 2.24) is 10.6 Å². The minimum atomic E-state index is 0. The van der Waals surface area contributed by atoms with Crippen LogP contribution in [0.3, 0.4) is 0 Å². The number of hydrogen-bond acceptors (Lipinski definition) is 4. The molecule has 0 bridgehead atoms. The molecular weight excluding hydrogens is 304 g/mol. The standard InChI is InChI=1S/C16H26N2O3.ClH/c1-17-10-5-7-16(19)18-11-4-6-13-8-9-14(20-2)15(12-13)21-3;/h8-9,12,17H,4-7,10-11H2,1-3H3,(H,18,19);1H. The van der Waals surface area contributed by atoms with Gasteiger partial charge in [-0.05, 0) is 50.6 Å². The van der Waals surface area contributed by atoms with Crippen LogP contribution >= 0.6 is 12.4 Å². The first-order valence-corrected chi connectivity index (χ1v) is 7.33. The number of rotatable bonds is 10. The summed E-state index contributed by atoms with van der Waals surface area (Å²) in [6, 6.07) is 5.91. The lowest BCUT2D eigenvalue weighted by Crippen LogP contribution is -2.25. The van der Waals surface area contributed by atoms with Gasteiger partial charge in [-0.1, -0.05) is 6.07 Å². The predicted molar refractivity (Wildman–Crippen MR) is 91.3 cm³/mol. The minimum Gasteiger partial charge on any atom is -0.493 e. The van der Waals surface area contributed by atoms with Gasteiger partial charge in [0, 0.05) is 13.0 Å². The quantitative estimate of drug-likeness (QED) is 0.646. The molecule has 0 saturated carbocycles. The lowest BCUT2D eigenvalue weighted by molar-refractivity contribution is -0.121. The Bertz CT molecular complexity index is 441. The number of ether oxygens (including phenoxy) is 2. The molecule has 0 saturated heterocycles. The molecule has 0 atom stereocenters. The summed E-state index contributed by atoms with van der Waals surface area (Å²) in [5, 5.41) is 5.97. The zero-order chi connectivity index (χ0) is 15.5. The summed E-state index contributed by atoms with van der Waals surface area (Å²) in [7, 11) is 5.15.